The highest BCUT2D eigenvalue weighted by atomic mass is 19.2. The lowest BCUT2D eigenvalue weighted by molar-refractivity contribution is -0.0871. The Kier molecular flexibility index (Phi) is 20.8. The van der Waals surface area contributed by atoms with Crippen LogP contribution in [0.3, 0.4) is 0 Å². The van der Waals surface area contributed by atoms with Gasteiger partial charge in [-0.25, -0.2) is 70.2 Å². The molecule has 0 amide bonds. The van der Waals surface area contributed by atoms with E-state index in [0.717, 1.165) is 0 Å². The minimum Gasteiger partial charge on any atom is -0.380 e. The number of nitrogens with one attached hydrogen (secondary N) is 16. The summed E-state index contributed by atoms with van der Waals surface area (Å²) in [6.45, 7) is 0. The molecule has 4 aliphatic carbocycles. The van der Waals surface area contributed by atoms with E-state index in [-0.39, 0.29) is 0 Å². The number of hydrogen-bond donors (Lipinski definition) is 16. The van der Waals surface area contributed by atoms with E-state index in [1.807, 2.05) is 0 Å². The largest absolute Gasteiger partial charge is 0.380 e. The predicted molar refractivity (Wildman–Crippen MR) is 393 cm³/mol. The number of alkyl halides is 8. The highest BCUT2D eigenvalue weighted by molar-refractivity contribution is 5.58. The van der Waals surface area contributed by atoms with Crippen molar-refractivity contribution in [2.75, 3.05) is 42.5 Å². The molecule has 5 heterocycles. The number of fused-ring (bicyclic) bond motifs is 20. The molecule has 9 fully saturated rings. The van der Waals surface area contributed by atoms with Crippen LogP contribution in [-0.4, -0.2) is 147 Å². The number of halogens is 16. The summed E-state index contributed by atoms with van der Waals surface area (Å²) < 4.78 is 258. The molecule has 32 unspecified atom stereocenters. The maximum Gasteiger partial charge on any atom is 0.165 e. The van der Waals surface area contributed by atoms with Crippen LogP contribution in [0, 0.1) is 93.9 Å². The van der Waals surface area contributed by atoms with Crippen molar-refractivity contribution in [1.82, 2.24) is 42.5 Å². The van der Waals surface area contributed by atoms with Gasteiger partial charge < -0.3 is 42.5 Å². The monoisotopic (exact) mass is 1570 g/mol. The first kappa shape index (κ1) is 75.4. The molecule has 5 saturated heterocycles. The van der Waals surface area contributed by atoms with Gasteiger partial charge in [0.1, 0.15) is 71.2 Å². The van der Waals surface area contributed by atoms with Gasteiger partial charge in [-0.15, -0.1) is 0 Å². The summed E-state index contributed by atoms with van der Waals surface area (Å²) >= 11 is 0. The zero-order chi connectivity index (χ0) is 77.7. The minimum atomic E-state index is -3.07. The minimum absolute atomic E-state index is 0.318. The van der Waals surface area contributed by atoms with Gasteiger partial charge >= 0.3 is 0 Å². The lowest BCUT2D eigenvalue weighted by Gasteiger charge is -2.54. The third kappa shape index (κ3) is 14.5. The summed E-state index contributed by atoms with van der Waals surface area (Å²) in [5, 5.41) is 57.3. The van der Waals surface area contributed by atoms with Gasteiger partial charge in [0.25, 0.3) is 0 Å². The molecule has 8 aromatic carbocycles. The van der Waals surface area contributed by atoms with Crippen LogP contribution < -0.4 is 85.1 Å². The zero-order valence-electron chi connectivity index (χ0n) is 59.0. The second-order valence-electron chi connectivity index (χ2n) is 30.7. The number of benzene rings is 8. The maximum absolute atomic E-state index is 17.7. The third-order valence-corrected chi connectivity index (χ3v) is 24.4. The summed E-state index contributed by atoms with van der Waals surface area (Å²) in [6.07, 6.45) is -35.2. The Hall–Kier alpha value is -9.28. The topological polar surface area (TPSA) is 192 Å². The second-order valence-corrected chi connectivity index (χ2v) is 30.7. The fraction of sp³-hybridized carbons (Fsp3) is 0.400. The standard InChI is InChI=1S/C80H80F16N16/c81-33-1-17-41(18-2-33)97-65-53-55(67(99-43-21-5-35(83)6-22-43)71(103-47-29-13-39(87)14-30-47)69(65)101-45-25-9-37(85)10-26-45)79-110-77(53)108-75-51-49(57(89)61(93)63(95)59(51)91)73(106-75)105-74-50-52(60(92)64(96)62(94)58(50)90)76(107-74)109-78-54-56(80(111-78)112-79)68(100-44-23-7-36(84)8-24-44)72(104-48-31-15-40(88)16-32-48)70(102-46-27-11-38(86)12-28-46)66(54)98-42-19-3-34(82)4-20-42/h1-32,49-80,97-112H. The summed E-state index contributed by atoms with van der Waals surface area (Å²) in [5.41, 5.74) is 2.69. The fourth-order valence-corrected chi connectivity index (χ4v) is 19.6. The summed E-state index contributed by atoms with van der Waals surface area (Å²) in [7, 11) is 0. The smallest absolute Gasteiger partial charge is 0.165 e. The van der Waals surface area contributed by atoms with Gasteiger partial charge in [0.15, 0.2) is 24.7 Å². The van der Waals surface area contributed by atoms with Crippen LogP contribution in [0.5, 0.6) is 0 Å². The van der Waals surface area contributed by atoms with E-state index >= 15 is 70.2 Å². The van der Waals surface area contributed by atoms with Gasteiger partial charge in [-0.05, 0) is 194 Å². The average molecular weight is 1570 g/mol. The van der Waals surface area contributed by atoms with E-state index in [9.17, 15) is 0 Å². The van der Waals surface area contributed by atoms with E-state index < -0.39 is 241 Å². The van der Waals surface area contributed by atoms with E-state index in [2.05, 4.69) is 85.1 Å². The lowest BCUT2D eigenvalue weighted by atomic mass is 9.66. The van der Waals surface area contributed by atoms with Gasteiger partial charge in [-0.2, -0.15) is 0 Å². The van der Waals surface area contributed by atoms with Crippen molar-refractivity contribution in [3.05, 3.63) is 241 Å². The maximum atomic E-state index is 17.7. The normalized spacial score (nSPS) is 38.4. The van der Waals surface area contributed by atoms with Crippen molar-refractivity contribution in [3.8, 4) is 0 Å². The zero-order valence-corrected chi connectivity index (χ0v) is 59.0. The SMILES string of the molecule is Fc1ccc(NC2C(Nc3ccc(F)cc3)C(Nc3ccc(F)cc3)C3C4NC(NC5NC(NC6NC(NC7NC(N4)C4C(Nc8ccc(F)cc8)C(Nc8ccc(F)cc8)C(Nc8ccc(F)cc8)C(Nc8ccc(F)cc8)C74)C4C(F)C(F)C(F)C(F)C64)C4C(F)C(F)C(F)C(F)C54)C3C2Nc2ccc(F)cc2)cc1. The van der Waals surface area contributed by atoms with Crippen LogP contribution >= 0.6 is 0 Å². The van der Waals surface area contributed by atoms with Crippen LogP contribution in [0.1, 0.15) is 0 Å². The molecule has 16 nitrogen and oxygen atoms in total. The fourth-order valence-electron chi connectivity index (χ4n) is 19.6. The molecule has 9 aliphatic rings. The highest BCUT2D eigenvalue weighted by Crippen LogP contribution is 2.52. The molecule has 8 aromatic rings. The van der Waals surface area contributed by atoms with Gasteiger partial charge in [-0.3, -0.25) is 42.5 Å². The van der Waals surface area contributed by atoms with Crippen LogP contribution in [0.15, 0.2) is 194 Å². The van der Waals surface area contributed by atoms with Crippen molar-refractivity contribution in [2.24, 2.45) is 47.3 Å². The number of hydrogen-bond acceptors (Lipinski definition) is 16. The molecule has 16 N–H and O–H groups in total. The summed E-state index contributed by atoms with van der Waals surface area (Å²) in [4.78, 5) is 0. The third-order valence-electron chi connectivity index (χ3n) is 24.4. The van der Waals surface area contributed by atoms with Crippen molar-refractivity contribution in [2.45, 2.75) is 147 Å². The molecule has 5 aliphatic heterocycles. The van der Waals surface area contributed by atoms with E-state index in [1.54, 1.807) is 0 Å². The van der Waals surface area contributed by atoms with E-state index in [1.165, 1.54) is 194 Å². The number of anilines is 8. The molecule has 112 heavy (non-hydrogen) atoms. The predicted octanol–water partition coefficient (Wildman–Crippen LogP) is 12.0. The molecule has 4 saturated carbocycles. The van der Waals surface area contributed by atoms with Crippen molar-refractivity contribution in [1.29, 1.82) is 0 Å². The number of rotatable bonds is 16. The van der Waals surface area contributed by atoms with Gasteiger partial charge in [0.05, 0.1) is 97.7 Å². The Morgan fingerprint density at radius 3 is 0.402 bits per heavy atom. The molecule has 0 radical (unpaired) electrons. The molecule has 32 heteroatoms. The van der Waals surface area contributed by atoms with Crippen LogP contribution in [0.2, 0.25) is 0 Å². The van der Waals surface area contributed by atoms with Crippen LogP contribution in [0.25, 0.3) is 0 Å². The van der Waals surface area contributed by atoms with Crippen LogP contribution in [0.4, 0.5) is 116 Å². The van der Waals surface area contributed by atoms with Crippen molar-refractivity contribution < 1.29 is 70.2 Å². The summed E-state index contributed by atoms with van der Waals surface area (Å²) in [5.74, 6) is -16.5. The Balaban J connectivity index is 0.910. The van der Waals surface area contributed by atoms with Crippen LogP contribution in [-0.2, 0) is 0 Å². The molecule has 592 valence electrons. The molecule has 0 aromatic heterocycles. The second kappa shape index (κ2) is 30.9. The summed E-state index contributed by atoms with van der Waals surface area (Å²) in [6, 6.07) is 34.8. The highest BCUT2D eigenvalue weighted by Gasteiger charge is 2.69. The molecule has 8 bridgehead atoms. The van der Waals surface area contributed by atoms with Crippen molar-refractivity contribution >= 4 is 45.5 Å². The van der Waals surface area contributed by atoms with Gasteiger partial charge in [0, 0.05) is 92.8 Å². The Labute approximate surface area is 633 Å². The lowest BCUT2D eigenvalue weighted by Crippen LogP contribution is -2.72. The molecular weight excluding hydrogens is 1490 g/mol. The first-order valence-corrected chi connectivity index (χ1v) is 37.4. The Morgan fingerprint density at radius 1 is 0.152 bits per heavy atom. The first-order chi connectivity index (χ1) is 54.0. The quantitative estimate of drug-likeness (QED) is 0.0408. The molecule has 32 atom stereocenters. The van der Waals surface area contributed by atoms with E-state index in [0.29, 0.717) is 45.5 Å². The Bertz CT molecular complexity index is 4250. The molecular formula is C80H80F16N16. The first-order valence-electron chi connectivity index (χ1n) is 37.4. The van der Waals surface area contributed by atoms with E-state index in [4.69, 9.17) is 0 Å². The molecule has 17 rings (SSSR count). The van der Waals surface area contributed by atoms with Gasteiger partial charge in [0.2, 0.25) is 0 Å². The van der Waals surface area contributed by atoms with Gasteiger partial charge in [-0.1, -0.05) is 0 Å². The average Bonchev–Trinajstić information content (AvgIpc) is 1.58. The molecule has 0 spiro atoms. The van der Waals surface area contributed by atoms with Crippen molar-refractivity contribution in [3.63, 3.8) is 0 Å². The Morgan fingerprint density at radius 2 is 0.268 bits per heavy atom.